The molecule has 1 fully saturated rings. The topological polar surface area (TPSA) is 41.6 Å². The number of carbonyl (C=O) groups excluding carboxylic acids is 1. The van der Waals surface area contributed by atoms with Gasteiger partial charge in [-0.05, 0) is 36.6 Å². The number of halogens is 2. The smallest absolute Gasteiger partial charge is 0.252 e. The SMILES string of the molecule is O=C([C@@H]1CCNCCO1)N1CCc2ccccc2[C@@H]1c1ccc(F)cc1F. The predicted octanol–water partition coefficient (Wildman–Crippen LogP) is 2.82. The van der Waals surface area contributed by atoms with E-state index in [1.165, 1.54) is 12.1 Å². The zero-order valence-electron chi connectivity index (χ0n) is 15.0. The molecule has 0 bridgehead atoms. The van der Waals surface area contributed by atoms with Crippen molar-refractivity contribution in [3.8, 4) is 0 Å². The Balaban J connectivity index is 1.74. The number of benzene rings is 2. The molecule has 0 unspecified atom stereocenters. The summed E-state index contributed by atoms with van der Waals surface area (Å²) in [6.45, 7) is 2.36. The first-order chi connectivity index (χ1) is 13.1. The van der Waals surface area contributed by atoms with E-state index in [1.54, 1.807) is 4.90 Å². The molecule has 1 saturated heterocycles. The van der Waals surface area contributed by atoms with Crippen LogP contribution in [0.1, 0.15) is 29.2 Å². The van der Waals surface area contributed by atoms with Gasteiger partial charge in [0.1, 0.15) is 17.7 Å². The van der Waals surface area contributed by atoms with E-state index in [1.807, 2.05) is 24.3 Å². The summed E-state index contributed by atoms with van der Waals surface area (Å²) in [5, 5.41) is 3.21. The molecule has 4 rings (SSSR count). The Morgan fingerprint density at radius 3 is 2.81 bits per heavy atom. The van der Waals surface area contributed by atoms with Crippen LogP contribution >= 0.6 is 0 Å². The molecular weight excluding hydrogens is 350 g/mol. The zero-order chi connectivity index (χ0) is 18.8. The second-order valence-electron chi connectivity index (χ2n) is 6.95. The van der Waals surface area contributed by atoms with Crippen molar-refractivity contribution < 1.29 is 18.3 Å². The summed E-state index contributed by atoms with van der Waals surface area (Å²) in [6.07, 6.45) is 0.734. The van der Waals surface area contributed by atoms with Crippen LogP contribution in [-0.4, -0.2) is 43.2 Å². The number of hydrogen-bond donors (Lipinski definition) is 1. The molecule has 1 N–H and O–H groups in total. The van der Waals surface area contributed by atoms with Gasteiger partial charge in [-0.3, -0.25) is 4.79 Å². The van der Waals surface area contributed by atoms with Crippen molar-refractivity contribution in [1.82, 2.24) is 10.2 Å². The van der Waals surface area contributed by atoms with Crippen LogP contribution in [-0.2, 0) is 16.0 Å². The normalized spacial score (nSPS) is 22.8. The highest BCUT2D eigenvalue weighted by molar-refractivity contribution is 5.82. The van der Waals surface area contributed by atoms with Crippen LogP contribution in [0.25, 0.3) is 0 Å². The summed E-state index contributed by atoms with van der Waals surface area (Å²) < 4.78 is 33.8. The van der Waals surface area contributed by atoms with E-state index in [0.717, 1.165) is 17.2 Å². The van der Waals surface area contributed by atoms with Gasteiger partial charge in [-0.2, -0.15) is 0 Å². The van der Waals surface area contributed by atoms with E-state index >= 15 is 0 Å². The molecule has 2 heterocycles. The molecular formula is C21H22F2N2O2. The minimum atomic E-state index is -0.641. The van der Waals surface area contributed by atoms with Crippen molar-refractivity contribution in [2.75, 3.05) is 26.2 Å². The fourth-order valence-electron chi connectivity index (χ4n) is 3.96. The third kappa shape index (κ3) is 3.59. The summed E-state index contributed by atoms with van der Waals surface area (Å²) in [5.41, 5.74) is 2.27. The van der Waals surface area contributed by atoms with Gasteiger partial charge in [-0.1, -0.05) is 30.3 Å². The lowest BCUT2D eigenvalue weighted by Gasteiger charge is -2.39. The first kappa shape index (κ1) is 18.1. The van der Waals surface area contributed by atoms with Gasteiger partial charge in [0, 0.05) is 24.7 Å². The minimum Gasteiger partial charge on any atom is -0.367 e. The predicted molar refractivity (Wildman–Crippen MR) is 97.3 cm³/mol. The van der Waals surface area contributed by atoms with Crippen molar-refractivity contribution in [2.24, 2.45) is 0 Å². The lowest BCUT2D eigenvalue weighted by molar-refractivity contribution is -0.145. The van der Waals surface area contributed by atoms with Crippen LogP contribution in [0, 0.1) is 11.6 Å². The first-order valence-corrected chi connectivity index (χ1v) is 9.30. The van der Waals surface area contributed by atoms with Crippen molar-refractivity contribution in [3.63, 3.8) is 0 Å². The average molecular weight is 372 g/mol. The van der Waals surface area contributed by atoms with E-state index in [4.69, 9.17) is 4.74 Å². The van der Waals surface area contributed by atoms with Gasteiger partial charge in [0.25, 0.3) is 5.91 Å². The maximum Gasteiger partial charge on any atom is 0.252 e. The fourth-order valence-corrected chi connectivity index (χ4v) is 3.96. The number of carbonyl (C=O) groups is 1. The van der Waals surface area contributed by atoms with Gasteiger partial charge in [0.15, 0.2) is 0 Å². The highest BCUT2D eigenvalue weighted by Crippen LogP contribution is 2.37. The van der Waals surface area contributed by atoms with Crippen LogP contribution in [0.3, 0.4) is 0 Å². The zero-order valence-corrected chi connectivity index (χ0v) is 15.0. The highest BCUT2D eigenvalue weighted by atomic mass is 19.1. The van der Waals surface area contributed by atoms with Crippen molar-refractivity contribution >= 4 is 5.91 Å². The number of ether oxygens (including phenoxy) is 1. The molecule has 0 aliphatic carbocycles. The van der Waals surface area contributed by atoms with Crippen molar-refractivity contribution in [1.29, 1.82) is 0 Å². The lowest BCUT2D eigenvalue weighted by Crippen LogP contribution is -2.46. The van der Waals surface area contributed by atoms with E-state index in [2.05, 4.69) is 5.32 Å². The Morgan fingerprint density at radius 1 is 1.11 bits per heavy atom. The number of nitrogens with zero attached hydrogens (tertiary/aromatic N) is 1. The van der Waals surface area contributed by atoms with E-state index in [-0.39, 0.29) is 5.91 Å². The fraction of sp³-hybridized carbons (Fsp3) is 0.381. The lowest BCUT2D eigenvalue weighted by atomic mass is 9.87. The van der Waals surface area contributed by atoms with E-state index in [9.17, 15) is 13.6 Å². The summed E-state index contributed by atoms with van der Waals surface area (Å²) >= 11 is 0. The molecule has 1 amide bonds. The largest absolute Gasteiger partial charge is 0.367 e. The summed E-state index contributed by atoms with van der Waals surface area (Å²) in [4.78, 5) is 14.9. The van der Waals surface area contributed by atoms with Crippen LogP contribution < -0.4 is 5.32 Å². The van der Waals surface area contributed by atoms with Crippen molar-refractivity contribution in [2.45, 2.75) is 25.0 Å². The summed E-state index contributed by atoms with van der Waals surface area (Å²) in [7, 11) is 0. The molecule has 2 aromatic carbocycles. The minimum absolute atomic E-state index is 0.137. The van der Waals surface area contributed by atoms with Crippen molar-refractivity contribution in [3.05, 3.63) is 70.8 Å². The molecule has 2 aliphatic heterocycles. The molecule has 2 aromatic rings. The molecule has 4 nitrogen and oxygen atoms in total. The van der Waals surface area contributed by atoms with Gasteiger partial charge in [0.05, 0.1) is 12.6 Å². The Labute approximate surface area is 157 Å². The van der Waals surface area contributed by atoms with Gasteiger partial charge < -0.3 is 15.0 Å². The number of nitrogens with one attached hydrogen (secondary N) is 1. The summed E-state index contributed by atoms with van der Waals surface area (Å²) in [6, 6.07) is 10.7. The number of amides is 1. The molecule has 2 atom stereocenters. The Hall–Kier alpha value is -2.31. The second kappa shape index (κ2) is 7.74. The molecule has 0 aromatic heterocycles. The standard InChI is InChI=1S/C21H22F2N2O2/c22-15-5-6-17(18(23)13-15)20-16-4-2-1-3-14(16)8-11-25(20)21(26)19-7-9-24-10-12-27-19/h1-6,13,19-20,24H,7-12H2/t19-,20+/m0/s1. The number of rotatable bonds is 2. The quantitative estimate of drug-likeness (QED) is 0.882. The molecule has 6 heteroatoms. The van der Waals surface area contributed by atoms with E-state index < -0.39 is 23.8 Å². The third-order valence-corrected chi connectivity index (χ3v) is 5.28. The average Bonchev–Trinajstić information content (AvgIpc) is 2.96. The van der Waals surface area contributed by atoms with Crippen LogP contribution in [0.5, 0.6) is 0 Å². The van der Waals surface area contributed by atoms with Crippen LogP contribution in [0.2, 0.25) is 0 Å². The molecule has 0 saturated carbocycles. The summed E-state index contributed by atoms with van der Waals surface area (Å²) in [5.74, 6) is -1.41. The molecule has 142 valence electrons. The van der Waals surface area contributed by atoms with E-state index in [0.29, 0.717) is 44.6 Å². The monoisotopic (exact) mass is 372 g/mol. The Kier molecular flexibility index (Phi) is 5.18. The number of fused-ring (bicyclic) bond motifs is 1. The maximum atomic E-state index is 14.7. The Morgan fingerprint density at radius 2 is 1.96 bits per heavy atom. The molecule has 2 aliphatic rings. The Bertz CT molecular complexity index is 835. The van der Waals surface area contributed by atoms with Gasteiger partial charge in [0.2, 0.25) is 0 Å². The maximum absolute atomic E-state index is 14.7. The number of hydrogen-bond acceptors (Lipinski definition) is 3. The van der Waals surface area contributed by atoms with Gasteiger partial charge in [-0.15, -0.1) is 0 Å². The van der Waals surface area contributed by atoms with Gasteiger partial charge in [-0.25, -0.2) is 8.78 Å². The first-order valence-electron chi connectivity index (χ1n) is 9.30. The second-order valence-corrected chi connectivity index (χ2v) is 6.95. The third-order valence-electron chi connectivity index (χ3n) is 5.28. The molecule has 0 radical (unpaired) electrons. The van der Waals surface area contributed by atoms with Crippen LogP contribution in [0.4, 0.5) is 8.78 Å². The highest BCUT2D eigenvalue weighted by Gasteiger charge is 2.37. The molecule has 27 heavy (non-hydrogen) atoms. The van der Waals surface area contributed by atoms with Crippen LogP contribution in [0.15, 0.2) is 42.5 Å². The van der Waals surface area contributed by atoms with Gasteiger partial charge >= 0.3 is 0 Å². The molecule has 0 spiro atoms.